The molecule has 0 saturated carbocycles. The van der Waals surface area contributed by atoms with Crippen molar-refractivity contribution in [3.63, 3.8) is 0 Å². The Morgan fingerprint density at radius 2 is 2.06 bits per heavy atom. The Hall–Kier alpha value is -0.840. The molecule has 0 aliphatic rings. The molecule has 1 aromatic rings. The molecule has 17 heavy (non-hydrogen) atoms. The van der Waals surface area contributed by atoms with Gasteiger partial charge in [0.2, 0.25) is 5.91 Å². The van der Waals surface area contributed by atoms with Crippen LogP contribution in [-0.4, -0.2) is 16.9 Å². The molecule has 3 N–H and O–H groups in total. The van der Waals surface area contributed by atoms with E-state index in [2.05, 4.69) is 10.3 Å². The van der Waals surface area contributed by atoms with Gasteiger partial charge in [0.05, 0.1) is 12.2 Å². The normalized spacial score (nSPS) is 12.6. The van der Waals surface area contributed by atoms with Crippen molar-refractivity contribution < 1.29 is 4.79 Å². The Morgan fingerprint density at radius 3 is 2.53 bits per heavy atom. The van der Waals surface area contributed by atoms with Gasteiger partial charge in [0.15, 0.2) is 0 Å². The summed E-state index contributed by atoms with van der Waals surface area (Å²) in [7, 11) is 0. The molecule has 0 radical (unpaired) electrons. The molecule has 6 heteroatoms. The minimum atomic E-state index is -0.172. The van der Waals surface area contributed by atoms with Crippen molar-refractivity contribution in [2.75, 3.05) is 0 Å². The highest BCUT2D eigenvalue weighted by Crippen LogP contribution is 2.00. The van der Waals surface area contributed by atoms with Crippen LogP contribution in [0.15, 0.2) is 24.4 Å². The van der Waals surface area contributed by atoms with E-state index in [1.807, 2.05) is 32.0 Å². The number of carbonyl (C=O) groups excluding carboxylic acids is 1. The third-order valence-electron chi connectivity index (χ3n) is 2.37. The number of nitrogens with two attached hydrogens (primary N) is 1. The Kier molecular flexibility index (Phi) is 10.0. The van der Waals surface area contributed by atoms with Crippen LogP contribution in [0.4, 0.5) is 0 Å². The van der Waals surface area contributed by atoms with E-state index in [1.165, 1.54) is 0 Å². The second-order valence-electron chi connectivity index (χ2n) is 3.69. The van der Waals surface area contributed by atoms with Gasteiger partial charge in [-0.05, 0) is 19.1 Å². The Labute approximate surface area is 114 Å². The molecular formula is C11H19Cl2N3O. The van der Waals surface area contributed by atoms with E-state index in [0.29, 0.717) is 6.54 Å². The number of halogens is 2. The van der Waals surface area contributed by atoms with E-state index in [0.717, 1.165) is 5.69 Å². The van der Waals surface area contributed by atoms with Crippen molar-refractivity contribution in [2.24, 2.45) is 11.7 Å². The van der Waals surface area contributed by atoms with Crippen LogP contribution in [0.25, 0.3) is 0 Å². The van der Waals surface area contributed by atoms with Crippen molar-refractivity contribution >= 4 is 30.7 Å². The van der Waals surface area contributed by atoms with Gasteiger partial charge in [-0.25, -0.2) is 0 Å². The minimum Gasteiger partial charge on any atom is -0.350 e. The van der Waals surface area contributed by atoms with Crippen LogP contribution in [0.3, 0.4) is 0 Å². The summed E-state index contributed by atoms with van der Waals surface area (Å²) in [5, 5.41) is 2.80. The van der Waals surface area contributed by atoms with Gasteiger partial charge in [-0.1, -0.05) is 13.0 Å². The molecule has 0 aliphatic carbocycles. The smallest absolute Gasteiger partial charge is 0.224 e. The fourth-order valence-corrected chi connectivity index (χ4v) is 1.08. The topological polar surface area (TPSA) is 68.0 Å². The largest absolute Gasteiger partial charge is 0.350 e. The standard InChI is InChI=1S/C11H17N3O.2ClH/c1-8(9(2)12)11(15)14-7-10-5-3-4-6-13-10;;/h3-6,8-9H,7,12H2,1-2H3,(H,14,15);2*1H. The maximum atomic E-state index is 11.5. The lowest BCUT2D eigenvalue weighted by molar-refractivity contribution is -0.125. The van der Waals surface area contributed by atoms with Gasteiger partial charge in [-0.15, -0.1) is 24.8 Å². The molecular weight excluding hydrogens is 261 g/mol. The van der Waals surface area contributed by atoms with Crippen LogP contribution in [-0.2, 0) is 11.3 Å². The first-order valence-electron chi connectivity index (χ1n) is 5.04. The highest BCUT2D eigenvalue weighted by atomic mass is 35.5. The predicted octanol–water partition coefficient (Wildman–Crippen LogP) is 1.52. The lowest BCUT2D eigenvalue weighted by Crippen LogP contribution is -2.38. The number of nitrogens with one attached hydrogen (secondary N) is 1. The van der Waals surface area contributed by atoms with Crippen molar-refractivity contribution in [3.8, 4) is 0 Å². The summed E-state index contributed by atoms with van der Waals surface area (Å²) in [5.74, 6) is -0.204. The number of hydrogen-bond donors (Lipinski definition) is 2. The Balaban J connectivity index is 0. The quantitative estimate of drug-likeness (QED) is 0.878. The Morgan fingerprint density at radius 1 is 1.41 bits per heavy atom. The van der Waals surface area contributed by atoms with E-state index in [9.17, 15) is 4.79 Å². The summed E-state index contributed by atoms with van der Waals surface area (Å²) in [4.78, 5) is 15.6. The zero-order valence-corrected chi connectivity index (χ0v) is 11.6. The number of rotatable bonds is 4. The summed E-state index contributed by atoms with van der Waals surface area (Å²) >= 11 is 0. The van der Waals surface area contributed by atoms with Gasteiger partial charge in [-0.2, -0.15) is 0 Å². The first-order valence-corrected chi connectivity index (χ1v) is 5.04. The number of carbonyl (C=O) groups is 1. The average Bonchev–Trinajstić information content (AvgIpc) is 2.26. The van der Waals surface area contributed by atoms with Crippen LogP contribution < -0.4 is 11.1 Å². The first kappa shape index (κ1) is 18.5. The molecule has 2 atom stereocenters. The molecule has 0 bridgehead atoms. The molecule has 0 spiro atoms. The van der Waals surface area contributed by atoms with E-state index >= 15 is 0 Å². The van der Waals surface area contributed by atoms with Gasteiger partial charge in [0, 0.05) is 18.2 Å². The molecule has 1 rings (SSSR count). The maximum absolute atomic E-state index is 11.5. The van der Waals surface area contributed by atoms with Gasteiger partial charge in [0.1, 0.15) is 0 Å². The molecule has 98 valence electrons. The van der Waals surface area contributed by atoms with E-state index in [-0.39, 0.29) is 42.7 Å². The number of aromatic nitrogens is 1. The monoisotopic (exact) mass is 279 g/mol. The predicted molar refractivity (Wildman–Crippen MR) is 73.4 cm³/mol. The second kappa shape index (κ2) is 9.22. The SMILES string of the molecule is CC(N)C(C)C(=O)NCc1ccccn1.Cl.Cl. The van der Waals surface area contributed by atoms with Crippen LogP contribution in [0.5, 0.6) is 0 Å². The number of nitrogens with zero attached hydrogens (tertiary/aromatic N) is 1. The summed E-state index contributed by atoms with van der Waals surface area (Å²) in [5.41, 5.74) is 6.48. The van der Waals surface area contributed by atoms with Gasteiger partial charge in [-0.3, -0.25) is 9.78 Å². The lowest BCUT2D eigenvalue weighted by Gasteiger charge is -2.14. The first-order chi connectivity index (χ1) is 7.11. The minimum absolute atomic E-state index is 0. The summed E-state index contributed by atoms with van der Waals surface area (Å²) in [6.07, 6.45) is 1.70. The second-order valence-corrected chi connectivity index (χ2v) is 3.69. The zero-order chi connectivity index (χ0) is 11.3. The zero-order valence-electron chi connectivity index (χ0n) is 9.92. The van der Waals surface area contributed by atoms with Crippen molar-refractivity contribution in [3.05, 3.63) is 30.1 Å². The van der Waals surface area contributed by atoms with Crippen LogP contribution in [0.1, 0.15) is 19.5 Å². The highest BCUT2D eigenvalue weighted by Gasteiger charge is 2.16. The fourth-order valence-electron chi connectivity index (χ4n) is 1.08. The number of pyridine rings is 1. The molecule has 1 heterocycles. The molecule has 2 unspecified atom stereocenters. The highest BCUT2D eigenvalue weighted by molar-refractivity contribution is 5.85. The molecule has 1 amide bonds. The lowest BCUT2D eigenvalue weighted by atomic mass is 10.0. The third-order valence-corrected chi connectivity index (χ3v) is 2.37. The summed E-state index contributed by atoms with van der Waals surface area (Å²) < 4.78 is 0. The van der Waals surface area contributed by atoms with Crippen LogP contribution >= 0.6 is 24.8 Å². The maximum Gasteiger partial charge on any atom is 0.224 e. The van der Waals surface area contributed by atoms with Crippen LogP contribution in [0, 0.1) is 5.92 Å². The van der Waals surface area contributed by atoms with Crippen molar-refractivity contribution in [1.82, 2.24) is 10.3 Å². The van der Waals surface area contributed by atoms with Gasteiger partial charge < -0.3 is 11.1 Å². The van der Waals surface area contributed by atoms with E-state index in [1.54, 1.807) is 6.20 Å². The van der Waals surface area contributed by atoms with Gasteiger partial charge in [0.25, 0.3) is 0 Å². The Bertz CT molecular complexity index is 320. The van der Waals surface area contributed by atoms with E-state index in [4.69, 9.17) is 5.73 Å². The molecule has 4 nitrogen and oxygen atoms in total. The van der Waals surface area contributed by atoms with Crippen molar-refractivity contribution in [1.29, 1.82) is 0 Å². The molecule has 0 fully saturated rings. The molecule has 1 aromatic heterocycles. The van der Waals surface area contributed by atoms with Gasteiger partial charge >= 0.3 is 0 Å². The fraction of sp³-hybridized carbons (Fsp3) is 0.455. The molecule has 0 aromatic carbocycles. The molecule has 0 aliphatic heterocycles. The summed E-state index contributed by atoms with van der Waals surface area (Å²) in [6.45, 7) is 4.10. The van der Waals surface area contributed by atoms with E-state index < -0.39 is 0 Å². The summed E-state index contributed by atoms with van der Waals surface area (Å²) in [6, 6.07) is 5.48. The third kappa shape index (κ3) is 6.46. The number of hydrogen-bond acceptors (Lipinski definition) is 3. The van der Waals surface area contributed by atoms with Crippen LogP contribution in [0.2, 0.25) is 0 Å². The van der Waals surface area contributed by atoms with Crippen molar-refractivity contribution in [2.45, 2.75) is 26.4 Å². The molecule has 0 saturated heterocycles. The average molecular weight is 280 g/mol. The number of amides is 1.